The fourth-order valence-electron chi connectivity index (χ4n) is 4.42. The van der Waals surface area contributed by atoms with Gasteiger partial charge < -0.3 is 15.1 Å². The molecule has 2 heterocycles. The van der Waals surface area contributed by atoms with Crippen LogP contribution in [0.3, 0.4) is 0 Å². The number of rotatable bonds is 4. The number of halogens is 3. The number of hydrogen-bond acceptors (Lipinski definition) is 3. The lowest BCUT2D eigenvalue weighted by molar-refractivity contribution is -0.121. The molecule has 8 heteroatoms. The Hall–Kier alpha value is -3.03. The molecule has 0 aromatic heterocycles. The number of amides is 2. The Balaban J connectivity index is 1.42. The van der Waals surface area contributed by atoms with Crippen LogP contribution >= 0.6 is 0 Å². The summed E-state index contributed by atoms with van der Waals surface area (Å²) in [6, 6.07) is 11.4. The van der Waals surface area contributed by atoms with Gasteiger partial charge in [0.25, 0.3) is 11.8 Å². The highest BCUT2D eigenvalue weighted by atomic mass is 19.3. The second-order valence-electron chi connectivity index (χ2n) is 8.59. The molecule has 32 heavy (non-hydrogen) atoms. The maximum Gasteiger partial charge on any atom is 0.266 e. The summed E-state index contributed by atoms with van der Waals surface area (Å²) >= 11 is 0. The van der Waals surface area contributed by atoms with E-state index in [9.17, 15) is 22.8 Å². The van der Waals surface area contributed by atoms with Crippen LogP contribution in [0.5, 0.6) is 0 Å². The van der Waals surface area contributed by atoms with Crippen LogP contribution in [-0.4, -0.2) is 48.8 Å². The van der Waals surface area contributed by atoms with E-state index in [0.29, 0.717) is 36.3 Å². The predicted molar refractivity (Wildman–Crippen MR) is 117 cm³/mol. The monoisotopic (exact) mass is 445 g/mol. The zero-order chi connectivity index (χ0) is 22.9. The molecule has 2 saturated heterocycles. The Bertz CT molecular complexity index is 1010. The van der Waals surface area contributed by atoms with Crippen molar-refractivity contribution in [1.29, 1.82) is 0 Å². The molecule has 170 valence electrons. The Labute approximate surface area is 185 Å². The van der Waals surface area contributed by atoms with Crippen molar-refractivity contribution >= 4 is 23.2 Å². The molecule has 2 aliphatic heterocycles. The van der Waals surface area contributed by atoms with Crippen LogP contribution in [-0.2, 0) is 4.79 Å². The van der Waals surface area contributed by atoms with E-state index in [1.807, 2.05) is 0 Å². The molecule has 2 aliphatic rings. The van der Waals surface area contributed by atoms with E-state index in [-0.39, 0.29) is 37.5 Å². The van der Waals surface area contributed by atoms with Crippen LogP contribution < -0.4 is 10.2 Å². The van der Waals surface area contributed by atoms with Crippen LogP contribution in [0.4, 0.5) is 24.5 Å². The first kappa shape index (κ1) is 22.2. The van der Waals surface area contributed by atoms with Crippen LogP contribution in [0, 0.1) is 18.7 Å². The van der Waals surface area contributed by atoms with Gasteiger partial charge in [-0.3, -0.25) is 9.59 Å². The van der Waals surface area contributed by atoms with Gasteiger partial charge in [-0.05, 0) is 49.6 Å². The minimum atomic E-state index is -2.70. The normalized spacial score (nSPS) is 20.3. The van der Waals surface area contributed by atoms with Gasteiger partial charge in [0.15, 0.2) is 0 Å². The summed E-state index contributed by atoms with van der Waals surface area (Å²) < 4.78 is 41.3. The summed E-state index contributed by atoms with van der Waals surface area (Å²) in [5, 5.41) is 2.85. The van der Waals surface area contributed by atoms with Gasteiger partial charge in [0.2, 0.25) is 5.91 Å². The number of nitrogens with zero attached hydrogens (tertiary/aromatic N) is 2. The molecule has 1 N–H and O–H groups in total. The first-order valence-corrected chi connectivity index (χ1v) is 10.8. The summed E-state index contributed by atoms with van der Waals surface area (Å²) in [5.74, 6) is -4.34. The van der Waals surface area contributed by atoms with Crippen LogP contribution in [0.1, 0.15) is 35.2 Å². The Morgan fingerprint density at radius 2 is 1.91 bits per heavy atom. The van der Waals surface area contributed by atoms with Crippen molar-refractivity contribution in [3.8, 4) is 0 Å². The standard InChI is InChI=1S/C24H26F3N3O2/c1-16-5-2-9-20(25)21(16)23(32)29-11-4-6-17(14-29)22(31)28-18-7-3-8-19(13-18)30-12-10-24(26,27)15-30/h2-3,5,7-9,13,17H,4,6,10-12,14-15H2,1H3,(H,28,31)/t17-/m0/s1. The largest absolute Gasteiger partial charge is 0.365 e. The van der Waals surface area contributed by atoms with Gasteiger partial charge in [0, 0.05) is 37.4 Å². The molecular formula is C24H26F3N3O2. The molecular weight excluding hydrogens is 419 g/mol. The number of carbonyl (C=O) groups is 2. The number of benzene rings is 2. The molecule has 2 aromatic rings. The molecule has 5 nitrogen and oxygen atoms in total. The number of anilines is 2. The number of piperidine rings is 1. The highest BCUT2D eigenvalue weighted by Gasteiger charge is 2.38. The van der Waals surface area contributed by atoms with E-state index in [1.165, 1.54) is 11.0 Å². The van der Waals surface area contributed by atoms with Gasteiger partial charge in [-0.1, -0.05) is 18.2 Å². The highest BCUT2D eigenvalue weighted by Crippen LogP contribution is 2.32. The van der Waals surface area contributed by atoms with E-state index in [0.717, 1.165) is 0 Å². The van der Waals surface area contributed by atoms with Gasteiger partial charge in [-0.2, -0.15) is 0 Å². The third-order valence-corrected chi connectivity index (χ3v) is 6.16. The highest BCUT2D eigenvalue weighted by molar-refractivity contribution is 5.97. The second-order valence-corrected chi connectivity index (χ2v) is 8.59. The lowest BCUT2D eigenvalue weighted by Gasteiger charge is -2.32. The minimum absolute atomic E-state index is 0.0451. The molecule has 0 aliphatic carbocycles. The number of carbonyl (C=O) groups excluding carboxylic acids is 2. The molecule has 0 bridgehead atoms. The van der Waals surface area contributed by atoms with E-state index >= 15 is 0 Å². The van der Waals surface area contributed by atoms with Crippen molar-refractivity contribution in [1.82, 2.24) is 4.90 Å². The predicted octanol–water partition coefficient (Wildman–Crippen LogP) is 4.47. The molecule has 0 unspecified atom stereocenters. The first-order valence-electron chi connectivity index (χ1n) is 10.8. The van der Waals surface area contributed by atoms with Crippen molar-refractivity contribution in [3.05, 3.63) is 59.4 Å². The average Bonchev–Trinajstić information content (AvgIpc) is 3.13. The number of likely N-dealkylation sites (tertiary alicyclic amines) is 1. The number of hydrogen-bond donors (Lipinski definition) is 1. The summed E-state index contributed by atoms with van der Waals surface area (Å²) in [7, 11) is 0. The molecule has 2 aromatic carbocycles. The van der Waals surface area contributed by atoms with Crippen molar-refractivity contribution in [2.45, 2.75) is 32.1 Å². The summed E-state index contributed by atoms with van der Waals surface area (Å²) in [6.07, 6.45) is 1.07. The number of nitrogens with one attached hydrogen (secondary N) is 1. The second kappa shape index (κ2) is 8.84. The maximum atomic E-state index is 14.2. The quantitative estimate of drug-likeness (QED) is 0.756. The van der Waals surface area contributed by atoms with Gasteiger partial charge in [-0.15, -0.1) is 0 Å². The van der Waals surface area contributed by atoms with Crippen LogP contribution in [0.15, 0.2) is 42.5 Å². The smallest absolute Gasteiger partial charge is 0.266 e. The lowest BCUT2D eigenvalue weighted by atomic mass is 9.95. The average molecular weight is 445 g/mol. The van der Waals surface area contributed by atoms with Crippen LogP contribution in [0.2, 0.25) is 0 Å². The van der Waals surface area contributed by atoms with Crippen molar-refractivity contribution < 1.29 is 22.8 Å². The Kier molecular flexibility index (Phi) is 6.13. The molecule has 0 saturated carbocycles. The Morgan fingerprint density at radius 3 is 2.62 bits per heavy atom. The zero-order valence-corrected chi connectivity index (χ0v) is 17.9. The molecule has 0 spiro atoms. The summed E-state index contributed by atoms with van der Waals surface area (Å²) in [6.45, 7) is 2.29. The minimum Gasteiger partial charge on any atom is -0.365 e. The fraction of sp³-hybridized carbons (Fsp3) is 0.417. The SMILES string of the molecule is Cc1cccc(F)c1C(=O)N1CCC[C@H](C(=O)Nc2cccc(N3CCC(F)(F)C3)c2)C1. The number of aryl methyl sites for hydroxylation is 1. The van der Waals surface area contributed by atoms with Crippen molar-refractivity contribution in [2.75, 3.05) is 36.4 Å². The Morgan fingerprint density at radius 1 is 1.12 bits per heavy atom. The lowest BCUT2D eigenvalue weighted by Crippen LogP contribution is -2.44. The van der Waals surface area contributed by atoms with E-state index < -0.39 is 23.6 Å². The molecule has 0 radical (unpaired) electrons. The van der Waals surface area contributed by atoms with Crippen molar-refractivity contribution in [2.24, 2.45) is 5.92 Å². The molecule has 1 atom stereocenters. The molecule has 4 rings (SSSR count). The van der Waals surface area contributed by atoms with Gasteiger partial charge in [0.1, 0.15) is 5.82 Å². The van der Waals surface area contributed by atoms with E-state index in [1.54, 1.807) is 48.2 Å². The zero-order valence-electron chi connectivity index (χ0n) is 17.9. The first-order chi connectivity index (χ1) is 15.2. The van der Waals surface area contributed by atoms with E-state index in [4.69, 9.17) is 0 Å². The number of alkyl halides is 2. The molecule has 2 fully saturated rings. The van der Waals surface area contributed by atoms with Gasteiger partial charge >= 0.3 is 0 Å². The van der Waals surface area contributed by atoms with Crippen molar-refractivity contribution in [3.63, 3.8) is 0 Å². The van der Waals surface area contributed by atoms with E-state index in [2.05, 4.69) is 5.32 Å². The third kappa shape index (κ3) is 4.74. The summed E-state index contributed by atoms with van der Waals surface area (Å²) in [4.78, 5) is 28.9. The van der Waals surface area contributed by atoms with Gasteiger partial charge in [-0.25, -0.2) is 13.2 Å². The molecule has 2 amide bonds. The van der Waals surface area contributed by atoms with Crippen LogP contribution in [0.25, 0.3) is 0 Å². The topological polar surface area (TPSA) is 52.7 Å². The fourth-order valence-corrected chi connectivity index (χ4v) is 4.42. The van der Waals surface area contributed by atoms with Gasteiger partial charge in [0.05, 0.1) is 18.0 Å². The third-order valence-electron chi connectivity index (χ3n) is 6.16. The summed E-state index contributed by atoms with van der Waals surface area (Å²) in [5.41, 5.74) is 1.76. The maximum absolute atomic E-state index is 14.2.